The summed E-state index contributed by atoms with van der Waals surface area (Å²) in [6.45, 7) is 3.55. The lowest BCUT2D eigenvalue weighted by Gasteiger charge is -2.09. The second-order valence-corrected chi connectivity index (χ2v) is 7.85. The Hall–Kier alpha value is -3.27. The van der Waals surface area contributed by atoms with Crippen LogP contribution in [0.1, 0.15) is 54.9 Å². The minimum atomic E-state index is -0.148. The minimum absolute atomic E-state index is 0.148. The summed E-state index contributed by atoms with van der Waals surface area (Å²) >= 11 is 0. The van der Waals surface area contributed by atoms with E-state index >= 15 is 0 Å². The van der Waals surface area contributed by atoms with Gasteiger partial charge in [-0.2, -0.15) is 0 Å². The predicted molar refractivity (Wildman–Crippen MR) is 131 cm³/mol. The maximum atomic E-state index is 12.5. The van der Waals surface area contributed by atoms with Crippen LogP contribution in [0.25, 0.3) is 0 Å². The van der Waals surface area contributed by atoms with E-state index in [1.54, 1.807) is 12.1 Å². The van der Waals surface area contributed by atoms with E-state index in [4.69, 9.17) is 9.47 Å². The summed E-state index contributed by atoms with van der Waals surface area (Å²) in [4.78, 5) is 12.5. The first-order valence-electron chi connectivity index (χ1n) is 11.6. The van der Waals surface area contributed by atoms with Gasteiger partial charge in [-0.25, -0.2) is 0 Å². The van der Waals surface area contributed by atoms with Gasteiger partial charge >= 0.3 is 0 Å². The number of carbonyl (C=O) groups excluding carboxylic acids is 1. The van der Waals surface area contributed by atoms with Crippen LogP contribution >= 0.6 is 0 Å². The summed E-state index contributed by atoms with van der Waals surface area (Å²) in [5, 5.41) is 2.92. The monoisotopic (exact) mass is 431 g/mol. The van der Waals surface area contributed by atoms with E-state index in [0.29, 0.717) is 12.2 Å². The summed E-state index contributed by atoms with van der Waals surface area (Å²) in [6.07, 6.45) is 6.94. The molecule has 0 aliphatic rings. The summed E-state index contributed by atoms with van der Waals surface area (Å²) in [6, 6.07) is 25.0. The van der Waals surface area contributed by atoms with Crippen LogP contribution in [0.2, 0.25) is 0 Å². The zero-order valence-electron chi connectivity index (χ0n) is 18.9. The van der Waals surface area contributed by atoms with Crippen molar-refractivity contribution in [3.05, 3.63) is 90.0 Å². The molecule has 3 aromatic carbocycles. The zero-order valence-corrected chi connectivity index (χ0v) is 18.9. The van der Waals surface area contributed by atoms with E-state index in [2.05, 4.69) is 24.4 Å². The number of benzene rings is 3. The number of nitrogens with one attached hydrogen (secondary N) is 1. The molecule has 0 heterocycles. The molecule has 0 bridgehead atoms. The first-order valence-corrected chi connectivity index (χ1v) is 11.6. The van der Waals surface area contributed by atoms with Gasteiger partial charge in [0.05, 0.1) is 13.2 Å². The summed E-state index contributed by atoms with van der Waals surface area (Å²) in [7, 11) is 0. The average molecular weight is 432 g/mol. The van der Waals surface area contributed by atoms with Crippen molar-refractivity contribution < 1.29 is 14.3 Å². The number of rotatable bonds is 13. The van der Waals surface area contributed by atoms with Crippen LogP contribution < -0.4 is 14.8 Å². The van der Waals surface area contributed by atoms with Crippen molar-refractivity contribution in [2.75, 3.05) is 18.5 Å². The Morgan fingerprint density at radius 3 is 2.03 bits per heavy atom. The van der Waals surface area contributed by atoms with Crippen LogP contribution in [0, 0.1) is 0 Å². The van der Waals surface area contributed by atoms with Gasteiger partial charge in [-0.05, 0) is 60.5 Å². The largest absolute Gasteiger partial charge is 0.494 e. The number of ether oxygens (including phenoxy) is 2. The third-order valence-electron chi connectivity index (χ3n) is 5.25. The fourth-order valence-electron chi connectivity index (χ4n) is 3.37. The molecule has 0 spiro atoms. The molecule has 0 aliphatic carbocycles. The highest BCUT2D eigenvalue weighted by Gasteiger charge is 2.07. The third-order valence-corrected chi connectivity index (χ3v) is 5.25. The molecule has 1 amide bonds. The SMILES string of the molecule is CCCCCCCOc1ccc(NC(=O)c2ccc(OCCc3ccccc3)cc2)cc1. The number of amides is 1. The normalized spacial score (nSPS) is 10.5. The lowest BCUT2D eigenvalue weighted by molar-refractivity contribution is 0.102. The molecule has 168 valence electrons. The molecule has 1 N–H and O–H groups in total. The van der Waals surface area contributed by atoms with Gasteiger partial charge in [-0.1, -0.05) is 62.9 Å². The zero-order chi connectivity index (χ0) is 22.4. The maximum Gasteiger partial charge on any atom is 0.255 e. The second-order valence-electron chi connectivity index (χ2n) is 7.85. The van der Waals surface area contributed by atoms with Crippen LogP contribution in [0.5, 0.6) is 11.5 Å². The van der Waals surface area contributed by atoms with Crippen LogP contribution in [0.15, 0.2) is 78.9 Å². The summed E-state index contributed by atoms with van der Waals surface area (Å²) in [5.74, 6) is 1.44. The molecular weight excluding hydrogens is 398 g/mol. The lowest BCUT2D eigenvalue weighted by Crippen LogP contribution is -2.11. The van der Waals surface area contributed by atoms with Crippen LogP contribution in [-0.4, -0.2) is 19.1 Å². The van der Waals surface area contributed by atoms with E-state index in [9.17, 15) is 4.79 Å². The van der Waals surface area contributed by atoms with Gasteiger partial charge in [0, 0.05) is 17.7 Å². The molecule has 3 rings (SSSR count). The third kappa shape index (κ3) is 8.10. The second kappa shape index (κ2) is 13.2. The number of anilines is 1. The molecule has 32 heavy (non-hydrogen) atoms. The molecule has 0 saturated heterocycles. The number of unbranched alkanes of at least 4 members (excludes halogenated alkanes) is 4. The van der Waals surface area contributed by atoms with Gasteiger partial charge in [0.25, 0.3) is 5.91 Å². The van der Waals surface area contributed by atoms with Crippen LogP contribution in [-0.2, 0) is 6.42 Å². The van der Waals surface area contributed by atoms with Gasteiger partial charge in [0.15, 0.2) is 0 Å². The maximum absolute atomic E-state index is 12.5. The average Bonchev–Trinajstić information content (AvgIpc) is 2.83. The molecule has 0 aromatic heterocycles. The van der Waals surface area contributed by atoms with Gasteiger partial charge < -0.3 is 14.8 Å². The van der Waals surface area contributed by atoms with Crippen molar-refractivity contribution in [1.29, 1.82) is 0 Å². The summed E-state index contributed by atoms with van der Waals surface area (Å²) < 4.78 is 11.6. The van der Waals surface area contributed by atoms with Crippen molar-refractivity contribution in [2.24, 2.45) is 0 Å². The Morgan fingerprint density at radius 1 is 0.719 bits per heavy atom. The van der Waals surface area contributed by atoms with Crippen molar-refractivity contribution in [2.45, 2.75) is 45.4 Å². The Kier molecular flexibility index (Phi) is 9.66. The Morgan fingerprint density at radius 2 is 1.34 bits per heavy atom. The molecule has 3 aromatic rings. The fourth-order valence-corrected chi connectivity index (χ4v) is 3.37. The Bertz CT molecular complexity index is 921. The van der Waals surface area contributed by atoms with E-state index in [1.807, 2.05) is 54.6 Å². The highest BCUT2D eigenvalue weighted by atomic mass is 16.5. The molecule has 0 unspecified atom stereocenters. The first kappa shape index (κ1) is 23.4. The Labute approximate surface area is 191 Å². The molecule has 0 fully saturated rings. The molecular formula is C28H33NO3. The van der Waals surface area contributed by atoms with Gasteiger partial charge in [-0.15, -0.1) is 0 Å². The lowest BCUT2D eigenvalue weighted by atomic mass is 10.1. The number of hydrogen-bond donors (Lipinski definition) is 1. The van der Waals surface area contributed by atoms with Crippen LogP contribution in [0.4, 0.5) is 5.69 Å². The van der Waals surface area contributed by atoms with E-state index in [-0.39, 0.29) is 5.91 Å². The predicted octanol–water partition coefficient (Wildman–Crippen LogP) is 6.91. The molecule has 0 radical (unpaired) electrons. The van der Waals surface area contributed by atoms with Crippen molar-refractivity contribution in [1.82, 2.24) is 0 Å². The molecule has 4 heteroatoms. The first-order chi connectivity index (χ1) is 15.7. The standard InChI is InChI=1S/C28H33NO3/c1-2-3-4-5-9-21-31-27-18-14-25(15-19-27)29-28(30)24-12-16-26(17-13-24)32-22-20-23-10-7-6-8-11-23/h6-8,10-19H,2-5,9,20-22H2,1H3,(H,29,30). The summed E-state index contributed by atoms with van der Waals surface area (Å²) in [5.41, 5.74) is 2.58. The van der Waals surface area contributed by atoms with Crippen molar-refractivity contribution in [3.8, 4) is 11.5 Å². The molecule has 0 atom stereocenters. The fraction of sp³-hybridized carbons (Fsp3) is 0.321. The van der Waals surface area contributed by atoms with Crippen molar-refractivity contribution >= 4 is 11.6 Å². The minimum Gasteiger partial charge on any atom is -0.494 e. The highest BCUT2D eigenvalue weighted by molar-refractivity contribution is 6.04. The molecule has 0 saturated carbocycles. The van der Waals surface area contributed by atoms with Crippen molar-refractivity contribution in [3.63, 3.8) is 0 Å². The molecule has 4 nitrogen and oxygen atoms in total. The van der Waals surface area contributed by atoms with Crippen LogP contribution in [0.3, 0.4) is 0 Å². The van der Waals surface area contributed by atoms with Gasteiger partial charge in [0.2, 0.25) is 0 Å². The topological polar surface area (TPSA) is 47.6 Å². The smallest absolute Gasteiger partial charge is 0.255 e. The van der Waals surface area contributed by atoms with E-state index in [1.165, 1.54) is 31.2 Å². The van der Waals surface area contributed by atoms with E-state index < -0.39 is 0 Å². The number of hydrogen-bond acceptors (Lipinski definition) is 3. The van der Waals surface area contributed by atoms with E-state index in [0.717, 1.165) is 36.6 Å². The highest BCUT2D eigenvalue weighted by Crippen LogP contribution is 2.18. The quantitative estimate of drug-likeness (QED) is 0.299. The Balaban J connectivity index is 1.40. The van der Waals surface area contributed by atoms with Gasteiger partial charge in [0.1, 0.15) is 11.5 Å². The number of carbonyl (C=O) groups is 1. The van der Waals surface area contributed by atoms with Gasteiger partial charge in [-0.3, -0.25) is 4.79 Å². The molecule has 0 aliphatic heterocycles.